The number of aromatic hydroxyl groups is 1. The second-order valence-electron chi connectivity index (χ2n) is 6.67. The molecule has 2 rings (SSSR count). The van der Waals surface area contributed by atoms with Gasteiger partial charge in [0, 0.05) is 11.8 Å². The van der Waals surface area contributed by atoms with E-state index in [9.17, 15) is 27.1 Å². The molecule has 0 saturated carbocycles. The Morgan fingerprint density at radius 1 is 0.857 bits per heavy atom. The van der Waals surface area contributed by atoms with Crippen LogP contribution in [0.25, 0.3) is 0 Å². The predicted molar refractivity (Wildman–Crippen MR) is 97.9 cm³/mol. The average Bonchev–Trinajstić information content (AvgIpc) is 2.52. The number of benzene rings is 2. The van der Waals surface area contributed by atoms with Crippen LogP contribution in [0.5, 0.6) is 5.75 Å². The van der Waals surface area contributed by atoms with Crippen molar-refractivity contribution >= 4 is 11.9 Å². The van der Waals surface area contributed by atoms with E-state index >= 15 is 0 Å². The van der Waals surface area contributed by atoms with E-state index in [2.05, 4.69) is 4.99 Å². The number of nitrogens with zero attached hydrogens (tertiary/aromatic N) is 1. The maximum atomic E-state index is 13.7. The predicted octanol–water partition coefficient (Wildman–Crippen LogP) is 6.34. The van der Waals surface area contributed by atoms with E-state index < -0.39 is 40.1 Å². The zero-order valence-corrected chi connectivity index (χ0v) is 19.0. The summed E-state index contributed by atoms with van der Waals surface area (Å²) in [6.07, 6.45) is 0.511. The van der Waals surface area contributed by atoms with Crippen LogP contribution in [0.15, 0.2) is 17.1 Å². The first-order chi connectivity index (χ1) is 11.4. The van der Waals surface area contributed by atoms with Gasteiger partial charge in [0.25, 0.3) is 0 Å². The fourth-order valence-electron chi connectivity index (χ4n) is 2.30. The average molecular weight is 479 g/mol. The summed E-state index contributed by atoms with van der Waals surface area (Å²) in [5.41, 5.74) is -0.391. The molecule has 0 heterocycles. The molecule has 8 heteroatoms. The van der Waals surface area contributed by atoms with E-state index in [1.807, 2.05) is 20.8 Å². The number of halogens is 5. The van der Waals surface area contributed by atoms with E-state index in [0.29, 0.717) is 17.3 Å². The number of hydrogen-bond acceptors (Lipinski definition) is 2. The van der Waals surface area contributed by atoms with E-state index in [1.54, 1.807) is 13.0 Å². The topological polar surface area (TPSA) is 32.6 Å². The smallest absolute Gasteiger partial charge is 0.505 e. The van der Waals surface area contributed by atoms with Crippen LogP contribution in [-0.2, 0) is 31.6 Å². The molecule has 0 atom stereocenters. The van der Waals surface area contributed by atoms with Crippen LogP contribution in [-0.4, -0.2) is 11.3 Å². The molecule has 0 aliphatic heterocycles. The van der Waals surface area contributed by atoms with Crippen LogP contribution in [0, 0.1) is 50.9 Å². The summed E-state index contributed by atoms with van der Waals surface area (Å²) in [6, 6.07) is 3.17. The minimum atomic E-state index is -2.24. The van der Waals surface area contributed by atoms with Gasteiger partial charge in [-0.1, -0.05) is 26.8 Å². The summed E-state index contributed by atoms with van der Waals surface area (Å²) < 4.78 is 66.8. The van der Waals surface area contributed by atoms with E-state index in [4.69, 9.17) is 0 Å². The summed E-state index contributed by atoms with van der Waals surface area (Å²) in [5, 5.41) is 10.3. The quantitative estimate of drug-likeness (QED) is 0.176. The number of hydrogen-bond donors (Lipinski definition) is 1. The van der Waals surface area contributed by atoms with Crippen molar-refractivity contribution in [2.45, 2.75) is 33.1 Å². The molecule has 0 amide bonds. The van der Waals surface area contributed by atoms with Gasteiger partial charge in [-0.2, -0.15) is 0 Å². The fraction of sp³-hybridized carbons (Fsp3) is 0.250. The number of aryl methyl sites for hydroxylation is 1. The molecule has 0 saturated heterocycles. The summed E-state index contributed by atoms with van der Waals surface area (Å²) in [5.74, 6) is -10.5. The third-order valence-corrected chi connectivity index (χ3v) is 3.62. The molecular formula is C20H22F5NOZr. The van der Waals surface area contributed by atoms with Gasteiger partial charge in [-0.15, -0.1) is 0 Å². The van der Waals surface area contributed by atoms with Crippen LogP contribution in [0.2, 0.25) is 0 Å². The Bertz CT molecular complexity index is 847. The molecule has 2 nitrogen and oxygen atoms in total. The van der Waals surface area contributed by atoms with Crippen LogP contribution in [0.1, 0.15) is 37.5 Å². The van der Waals surface area contributed by atoms with Crippen molar-refractivity contribution in [3.05, 3.63) is 72.8 Å². The molecule has 2 aromatic carbocycles. The maximum absolute atomic E-state index is 13.7. The molecule has 2 aromatic rings. The minimum absolute atomic E-state index is 0. The van der Waals surface area contributed by atoms with Crippen LogP contribution >= 0.6 is 0 Å². The van der Waals surface area contributed by atoms with Crippen molar-refractivity contribution in [2.24, 2.45) is 4.99 Å². The molecule has 0 aromatic heterocycles. The largest absolute Gasteiger partial charge is 2.00 e. The van der Waals surface area contributed by atoms with Crippen molar-refractivity contribution in [3.8, 4) is 5.75 Å². The molecule has 0 unspecified atom stereocenters. The Balaban J connectivity index is 0. The Kier molecular flexibility index (Phi) is 10.5. The number of rotatable bonds is 2. The zero-order chi connectivity index (χ0) is 19.1. The molecule has 28 heavy (non-hydrogen) atoms. The molecule has 152 valence electrons. The van der Waals surface area contributed by atoms with Gasteiger partial charge in [-0.3, -0.25) is 4.99 Å². The maximum Gasteiger partial charge on any atom is 2.00 e. The van der Waals surface area contributed by atoms with Crippen molar-refractivity contribution in [1.82, 2.24) is 0 Å². The summed E-state index contributed by atoms with van der Waals surface area (Å²) >= 11 is 0. The molecular weight excluding hydrogens is 456 g/mol. The van der Waals surface area contributed by atoms with Gasteiger partial charge in [0.1, 0.15) is 11.4 Å². The Morgan fingerprint density at radius 2 is 1.29 bits per heavy atom. The van der Waals surface area contributed by atoms with Crippen LogP contribution in [0.4, 0.5) is 27.6 Å². The van der Waals surface area contributed by atoms with Crippen molar-refractivity contribution in [2.75, 3.05) is 0 Å². The Labute approximate surface area is 181 Å². The number of phenolic OH excluding ortho intramolecular Hbond substituents is 1. The van der Waals surface area contributed by atoms with Crippen LogP contribution in [0.3, 0.4) is 0 Å². The molecule has 0 radical (unpaired) electrons. The monoisotopic (exact) mass is 477 g/mol. The van der Waals surface area contributed by atoms with Crippen molar-refractivity contribution in [1.29, 1.82) is 0 Å². The van der Waals surface area contributed by atoms with Crippen LogP contribution < -0.4 is 0 Å². The molecule has 0 spiro atoms. The molecule has 0 fully saturated rings. The first-order valence-corrected chi connectivity index (χ1v) is 7.34. The summed E-state index contributed by atoms with van der Waals surface area (Å²) in [4.78, 5) is 3.73. The SMILES string of the molecule is Cc1cc(N=Cc2c(F)c(F)c(F)c(F)c2F)c(O)c(C(C)(C)C)c1.[CH3-].[CH3-].[Zr+2]. The molecule has 0 aliphatic rings. The first-order valence-electron chi connectivity index (χ1n) is 7.34. The van der Waals surface area contributed by atoms with Gasteiger partial charge in [0.2, 0.25) is 5.82 Å². The van der Waals surface area contributed by atoms with Crippen molar-refractivity contribution in [3.63, 3.8) is 0 Å². The summed E-state index contributed by atoms with van der Waals surface area (Å²) in [7, 11) is 0. The number of phenols is 1. The molecule has 1 N–H and O–H groups in total. The third kappa shape index (κ3) is 5.50. The number of aliphatic imine (C=N–C) groups is 1. The van der Waals surface area contributed by atoms with Gasteiger partial charge >= 0.3 is 26.2 Å². The first kappa shape index (κ1) is 28.7. The zero-order valence-electron chi connectivity index (χ0n) is 16.5. The molecule has 0 aliphatic carbocycles. The second kappa shape index (κ2) is 10.3. The van der Waals surface area contributed by atoms with Gasteiger partial charge in [-0.25, -0.2) is 22.0 Å². The normalized spacial score (nSPS) is 10.9. The van der Waals surface area contributed by atoms with Gasteiger partial charge in [-0.05, 0) is 24.0 Å². The van der Waals surface area contributed by atoms with Crippen molar-refractivity contribution < 1.29 is 53.3 Å². The standard InChI is InChI=1S/C18H16F5NO.2CH3.Zr/c1-8-5-10(18(2,3)4)17(25)11(6-8)24-7-9-12(19)14(21)16(23)15(22)13(9)20;;;/h5-7,25H,1-4H3;2*1H3;/q;2*-1;+2. The second-order valence-corrected chi connectivity index (χ2v) is 6.67. The van der Waals surface area contributed by atoms with E-state index in [-0.39, 0.29) is 52.5 Å². The minimum Gasteiger partial charge on any atom is -0.505 e. The molecule has 0 bridgehead atoms. The van der Waals surface area contributed by atoms with E-state index in [0.717, 1.165) is 0 Å². The fourth-order valence-corrected chi connectivity index (χ4v) is 2.30. The van der Waals surface area contributed by atoms with E-state index in [1.165, 1.54) is 6.07 Å². The Hall–Kier alpha value is -1.56. The van der Waals surface area contributed by atoms with Gasteiger partial charge < -0.3 is 20.0 Å². The van der Waals surface area contributed by atoms with Gasteiger partial charge in [0.15, 0.2) is 23.3 Å². The van der Waals surface area contributed by atoms with Gasteiger partial charge in [0.05, 0.1) is 5.56 Å². The third-order valence-electron chi connectivity index (χ3n) is 3.62. The Morgan fingerprint density at radius 3 is 1.71 bits per heavy atom. The summed E-state index contributed by atoms with van der Waals surface area (Å²) in [6.45, 7) is 7.27.